The van der Waals surface area contributed by atoms with Crippen molar-refractivity contribution in [3.05, 3.63) is 65.0 Å². The summed E-state index contributed by atoms with van der Waals surface area (Å²) < 4.78 is 23.5. The highest BCUT2D eigenvalue weighted by Crippen LogP contribution is 2.27. The van der Waals surface area contributed by atoms with E-state index in [1.54, 1.807) is 18.2 Å². The Labute approximate surface area is 144 Å². The summed E-state index contributed by atoms with van der Waals surface area (Å²) in [4.78, 5) is 24.1. The lowest BCUT2D eigenvalue weighted by Gasteiger charge is -2.29. The number of rotatable bonds is 2. The Morgan fingerprint density at radius 2 is 1.68 bits per heavy atom. The molecule has 1 heterocycles. The highest BCUT2D eigenvalue weighted by Gasteiger charge is 2.38. The smallest absolute Gasteiger partial charge is 0.348 e. The largest absolute Gasteiger partial charge is 0.419 e. The molecule has 0 saturated carbocycles. The number of esters is 2. The molecule has 0 aromatic heterocycles. The molecule has 0 unspecified atom stereocenters. The van der Waals surface area contributed by atoms with Crippen LogP contribution in [0.2, 0.25) is 0 Å². The number of halogens is 1. The van der Waals surface area contributed by atoms with Crippen LogP contribution in [-0.2, 0) is 19.1 Å². The molecule has 0 spiro atoms. The van der Waals surface area contributed by atoms with E-state index in [9.17, 15) is 14.0 Å². The minimum absolute atomic E-state index is 0.160. The van der Waals surface area contributed by atoms with Gasteiger partial charge in [-0.15, -0.1) is 0 Å². The Morgan fingerprint density at radius 3 is 2.32 bits per heavy atom. The second-order valence-corrected chi connectivity index (χ2v) is 6.32. The molecule has 2 aromatic rings. The molecule has 0 N–H and O–H groups in total. The van der Waals surface area contributed by atoms with Gasteiger partial charge in [-0.2, -0.15) is 0 Å². The monoisotopic (exact) mass is 340 g/mol. The predicted octanol–water partition coefficient (Wildman–Crippen LogP) is 4.02. The molecule has 0 atom stereocenters. The summed E-state index contributed by atoms with van der Waals surface area (Å²) in [5, 5.41) is 0. The summed E-state index contributed by atoms with van der Waals surface area (Å²) >= 11 is 0. The summed E-state index contributed by atoms with van der Waals surface area (Å²) in [6.45, 7) is 4.82. The van der Waals surface area contributed by atoms with Crippen LogP contribution in [0.5, 0.6) is 0 Å². The SMILES string of the molecule is Cc1cc(F)ccc1-c1cccc(C=C2C(=O)OC(C)(C)OC2=O)c1. The van der Waals surface area contributed by atoms with E-state index >= 15 is 0 Å². The number of carbonyl (C=O) groups is 2. The van der Waals surface area contributed by atoms with E-state index in [0.717, 1.165) is 16.7 Å². The Bertz CT molecular complexity index is 874. The van der Waals surface area contributed by atoms with Crippen molar-refractivity contribution >= 4 is 18.0 Å². The number of cyclic esters (lactones) is 2. The molecule has 1 fully saturated rings. The zero-order chi connectivity index (χ0) is 18.2. The van der Waals surface area contributed by atoms with Gasteiger partial charge in [0, 0.05) is 13.8 Å². The van der Waals surface area contributed by atoms with E-state index in [-0.39, 0.29) is 11.4 Å². The summed E-state index contributed by atoms with van der Waals surface area (Å²) in [7, 11) is 0. The quantitative estimate of drug-likeness (QED) is 0.471. The maximum atomic E-state index is 13.3. The van der Waals surface area contributed by atoms with Gasteiger partial charge in [0.05, 0.1) is 0 Å². The molecule has 2 aromatic carbocycles. The van der Waals surface area contributed by atoms with Gasteiger partial charge in [-0.3, -0.25) is 0 Å². The maximum Gasteiger partial charge on any atom is 0.348 e. The van der Waals surface area contributed by atoms with Crippen molar-refractivity contribution in [1.29, 1.82) is 0 Å². The lowest BCUT2D eigenvalue weighted by atomic mass is 9.98. The topological polar surface area (TPSA) is 52.6 Å². The van der Waals surface area contributed by atoms with Gasteiger partial charge in [0.2, 0.25) is 0 Å². The third-order valence-corrected chi connectivity index (χ3v) is 3.81. The van der Waals surface area contributed by atoms with Crippen molar-refractivity contribution in [2.24, 2.45) is 0 Å². The van der Waals surface area contributed by atoms with Crippen LogP contribution in [0.15, 0.2) is 48.0 Å². The van der Waals surface area contributed by atoms with E-state index in [1.165, 1.54) is 32.1 Å². The van der Waals surface area contributed by atoms with Gasteiger partial charge in [0.25, 0.3) is 5.79 Å². The molecular formula is C20H17FO4. The highest BCUT2D eigenvalue weighted by molar-refractivity contribution is 6.18. The fourth-order valence-electron chi connectivity index (χ4n) is 2.69. The minimum atomic E-state index is -1.27. The van der Waals surface area contributed by atoms with Crippen molar-refractivity contribution < 1.29 is 23.5 Å². The van der Waals surface area contributed by atoms with Crippen LogP contribution in [0.25, 0.3) is 17.2 Å². The van der Waals surface area contributed by atoms with Gasteiger partial charge in [-0.25, -0.2) is 14.0 Å². The summed E-state index contributed by atoms with van der Waals surface area (Å²) in [5.74, 6) is -3.00. The third kappa shape index (κ3) is 3.60. The van der Waals surface area contributed by atoms with Crippen LogP contribution in [0.3, 0.4) is 0 Å². The van der Waals surface area contributed by atoms with Crippen LogP contribution in [0, 0.1) is 12.7 Å². The second-order valence-electron chi connectivity index (χ2n) is 6.32. The molecule has 0 bridgehead atoms. The fraction of sp³-hybridized carbons (Fsp3) is 0.200. The molecule has 0 radical (unpaired) electrons. The Hall–Kier alpha value is -2.95. The van der Waals surface area contributed by atoms with Crippen molar-refractivity contribution in [3.8, 4) is 11.1 Å². The van der Waals surface area contributed by atoms with Crippen LogP contribution in [0.4, 0.5) is 4.39 Å². The van der Waals surface area contributed by atoms with Gasteiger partial charge >= 0.3 is 11.9 Å². The van der Waals surface area contributed by atoms with Crippen LogP contribution in [0.1, 0.15) is 25.0 Å². The molecule has 128 valence electrons. The highest BCUT2D eigenvalue weighted by atomic mass is 19.1. The van der Waals surface area contributed by atoms with Crippen molar-refractivity contribution in [2.45, 2.75) is 26.6 Å². The van der Waals surface area contributed by atoms with Gasteiger partial charge in [0.1, 0.15) is 11.4 Å². The molecule has 4 nitrogen and oxygen atoms in total. The Balaban J connectivity index is 1.97. The van der Waals surface area contributed by atoms with Gasteiger partial charge < -0.3 is 9.47 Å². The molecule has 3 rings (SSSR count). The molecule has 1 aliphatic heterocycles. The molecule has 0 aliphatic carbocycles. The first-order chi connectivity index (χ1) is 11.7. The second kappa shape index (κ2) is 6.16. The van der Waals surface area contributed by atoms with Crippen LogP contribution < -0.4 is 0 Å². The number of aryl methyl sites for hydroxylation is 1. The van der Waals surface area contributed by atoms with Gasteiger partial charge in [-0.05, 0) is 53.5 Å². The standard InChI is InChI=1S/C20H17FO4/c1-12-9-15(21)7-8-16(12)14-6-4-5-13(10-14)11-17-18(22)24-20(2,3)25-19(17)23/h4-11H,1-3H3. The first-order valence-electron chi connectivity index (χ1n) is 7.80. The average molecular weight is 340 g/mol. The van der Waals surface area contributed by atoms with Crippen molar-refractivity contribution in [3.63, 3.8) is 0 Å². The van der Waals surface area contributed by atoms with E-state index in [0.29, 0.717) is 5.56 Å². The number of hydrogen-bond donors (Lipinski definition) is 0. The van der Waals surface area contributed by atoms with Crippen molar-refractivity contribution in [1.82, 2.24) is 0 Å². The lowest BCUT2D eigenvalue weighted by Crippen LogP contribution is -2.41. The van der Waals surface area contributed by atoms with E-state index in [4.69, 9.17) is 9.47 Å². The summed E-state index contributed by atoms with van der Waals surface area (Å²) in [5.41, 5.74) is 3.00. The minimum Gasteiger partial charge on any atom is -0.419 e. The normalized spacial score (nSPS) is 16.2. The first-order valence-corrected chi connectivity index (χ1v) is 7.80. The molecular weight excluding hydrogens is 323 g/mol. The average Bonchev–Trinajstić information content (AvgIpc) is 2.50. The molecule has 25 heavy (non-hydrogen) atoms. The zero-order valence-corrected chi connectivity index (χ0v) is 14.1. The fourth-order valence-corrected chi connectivity index (χ4v) is 2.69. The third-order valence-electron chi connectivity index (χ3n) is 3.81. The van der Waals surface area contributed by atoms with E-state index < -0.39 is 17.7 Å². The maximum absolute atomic E-state index is 13.3. The zero-order valence-electron chi connectivity index (χ0n) is 14.1. The number of benzene rings is 2. The van der Waals surface area contributed by atoms with E-state index in [1.807, 2.05) is 19.1 Å². The Morgan fingerprint density at radius 1 is 1.00 bits per heavy atom. The van der Waals surface area contributed by atoms with Crippen LogP contribution in [-0.4, -0.2) is 17.7 Å². The first kappa shape index (κ1) is 16.9. The summed E-state index contributed by atoms with van der Waals surface area (Å²) in [6, 6.07) is 11.8. The summed E-state index contributed by atoms with van der Waals surface area (Å²) in [6.07, 6.45) is 1.43. The van der Waals surface area contributed by atoms with Crippen LogP contribution >= 0.6 is 0 Å². The molecule has 0 amide bonds. The molecule has 5 heteroatoms. The van der Waals surface area contributed by atoms with E-state index in [2.05, 4.69) is 0 Å². The Kier molecular flexibility index (Phi) is 4.17. The molecule has 1 aliphatic rings. The lowest BCUT2D eigenvalue weighted by molar-refractivity contribution is -0.222. The predicted molar refractivity (Wildman–Crippen MR) is 90.8 cm³/mol. The van der Waals surface area contributed by atoms with Crippen molar-refractivity contribution in [2.75, 3.05) is 0 Å². The molecule has 1 saturated heterocycles. The van der Waals surface area contributed by atoms with Gasteiger partial charge in [-0.1, -0.05) is 24.3 Å². The number of carbonyl (C=O) groups excluding carboxylic acids is 2. The number of ether oxygens (including phenoxy) is 2. The number of hydrogen-bond acceptors (Lipinski definition) is 4. The van der Waals surface area contributed by atoms with Gasteiger partial charge in [0.15, 0.2) is 0 Å².